The Balaban J connectivity index is -0.00000192. The number of rotatable bonds is 13. The summed E-state index contributed by atoms with van der Waals surface area (Å²) in [5, 5.41) is 0. The van der Waals surface area contributed by atoms with Crippen molar-refractivity contribution < 1.29 is 62.2 Å². The molecule has 0 aromatic carbocycles. The third-order valence-electron chi connectivity index (χ3n) is 4.11. The maximum atomic E-state index is 11.1. The van der Waals surface area contributed by atoms with E-state index in [4.69, 9.17) is 9.47 Å². The predicted molar refractivity (Wildman–Crippen MR) is 97.0 cm³/mol. The number of ether oxygens (including phenoxy) is 2. The van der Waals surface area contributed by atoms with Gasteiger partial charge in [0.05, 0.1) is 6.61 Å². The minimum Gasteiger partial charge on any atom is -1.00 e. The van der Waals surface area contributed by atoms with Crippen LogP contribution in [0.25, 0.3) is 0 Å². The number of nitrogens with zero attached hydrogens (tertiary/aromatic N) is 1. The first kappa shape index (κ1) is 27.9. The normalized spacial score (nSPS) is 9.77. The molecule has 0 aliphatic carbocycles. The van der Waals surface area contributed by atoms with Crippen LogP contribution in [0.15, 0.2) is 24.5 Å². The number of carbonyl (C=O) groups is 1. The molecule has 26 heavy (non-hydrogen) atoms. The van der Waals surface area contributed by atoms with E-state index in [2.05, 4.69) is 31.5 Å². The van der Waals surface area contributed by atoms with Gasteiger partial charge in [-0.2, -0.15) is 0 Å². The maximum absolute atomic E-state index is 11.1. The summed E-state index contributed by atoms with van der Waals surface area (Å²) in [6.07, 6.45) is 15.5. The summed E-state index contributed by atoms with van der Waals surface area (Å²) in [5.74, 6) is 0. The van der Waals surface area contributed by atoms with Crippen LogP contribution >= 0.6 is 0 Å². The Morgan fingerprint density at radius 1 is 0.962 bits per heavy atom. The molecule has 0 amide bonds. The molecule has 0 unspecified atom stereocenters. The van der Waals surface area contributed by atoms with Crippen LogP contribution in [0.2, 0.25) is 0 Å². The molecule has 0 bridgehead atoms. The quantitative estimate of drug-likeness (QED) is 0.185. The zero-order valence-corrected chi connectivity index (χ0v) is 19.6. The van der Waals surface area contributed by atoms with Crippen molar-refractivity contribution in [3.63, 3.8) is 0 Å². The molecule has 0 N–H and O–H groups in total. The summed E-state index contributed by atoms with van der Waals surface area (Å²) in [6.45, 7) is 5.36. The molecule has 4 nitrogen and oxygen atoms in total. The van der Waals surface area contributed by atoms with Gasteiger partial charge in [0.25, 0.3) is 0 Å². The molecular weight excluding hydrogens is 361 g/mol. The Kier molecular flexibility index (Phi) is 20.9. The van der Waals surface area contributed by atoms with Crippen molar-refractivity contribution in [1.29, 1.82) is 0 Å². The van der Waals surface area contributed by atoms with Crippen LogP contribution in [0, 0.1) is 0 Å². The van der Waals surface area contributed by atoms with E-state index in [1.165, 1.54) is 56.9 Å². The standard InChI is InChI=1S/C20H34NO3.ClH.Na.H/c1-3-5-6-7-8-9-10-11-12-19-13-15-21(16-14-19)17-18-24-20(22)23-4-2;;;/h13-16H,3-12,17-18H2,1-2H3;1H;;/q+1;;+1;-1/p-1. The van der Waals surface area contributed by atoms with Crippen LogP contribution in [0.3, 0.4) is 0 Å². The number of hydrogen-bond acceptors (Lipinski definition) is 3. The Hall–Kier alpha value is -0.290. The first-order valence-electron chi connectivity index (χ1n) is 9.53. The van der Waals surface area contributed by atoms with Gasteiger partial charge in [0, 0.05) is 12.1 Å². The van der Waals surface area contributed by atoms with E-state index < -0.39 is 6.16 Å². The first-order valence-corrected chi connectivity index (χ1v) is 9.53. The van der Waals surface area contributed by atoms with Crippen molar-refractivity contribution >= 4 is 6.16 Å². The second-order valence-corrected chi connectivity index (χ2v) is 6.20. The fourth-order valence-electron chi connectivity index (χ4n) is 2.66. The second-order valence-electron chi connectivity index (χ2n) is 6.20. The molecule has 0 saturated heterocycles. The van der Waals surface area contributed by atoms with Crippen molar-refractivity contribution in [2.24, 2.45) is 0 Å². The van der Waals surface area contributed by atoms with Gasteiger partial charge in [-0.3, -0.25) is 0 Å². The fourth-order valence-corrected chi connectivity index (χ4v) is 2.66. The molecule has 1 aromatic rings. The molecule has 6 heteroatoms. The van der Waals surface area contributed by atoms with Crippen LogP contribution in [0.5, 0.6) is 0 Å². The molecule has 1 heterocycles. The number of aryl methyl sites for hydroxylation is 1. The van der Waals surface area contributed by atoms with Gasteiger partial charge in [0.1, 0.15) is 0 Å². The van der Waals surface area contributed by atoms with Crippen molar-refractivity contribution in [3.05, 3.63) is 30.1 Å². The van der Waals surface area contributed by atoms with E-state index in [1.54, 1.807) is 6.92 Å². The zero-order valence-electron chi connectivity index (χ0n) is 17.8. The van der Waals surface area contributed by atoms with Gasteiger partial charge in [-0.05, 0) is 25.3 Å². The number of carbonyl (C=O) groups excluding carboxylic acids is 1. The average molecular weight is 396 g/mol. The molecular formula is C20H35ClNNaO3. The van der Waals surface area contributed by atoms with Crippen molar-refractivity contribution in [1.82, 2.24) is 0 Å². The largest absolute Gasteiger partial charge is 1.00 e. The molecule has 0 aliphatic heterocycles. The topological polar surface area (TPSA) is 39.4 Å². The van der Waals surface area contributed by atoms with Gasteiger partial charge in [-0.25, -0.2) is 9.36 Å². The molecule has 1 aromatic heterocycles. The number of aromatic nitrogens is 1. The van der Waals surface area contributed by atoms with Crippen molar-refractivity contribution in [2.75, 3.05) is 13.2 Å². The summed E-state index contributed by atoms with van der Waals surface area (Å²) < 4.78 is 11.7. The smallest absolute Gasteiger partial charge is 1.00 e. The number of pyridine rings is 1. The van der Waals surface area contributed by atoms with Gasteiger partial charge in [-0.1, -0.05) is 51.9 Å². The molecule has 0 spiro atoms. The second kappa shape index (κ2) is 19.5. The van der Waals surface area contributed by atoms with E-state index in [0.29, 0.717) is 19.8 Å². The van der Waals surface area contributed by atoms with Crippen LogP contribution in [-0.4, -0.2) is 19.4 Å². The molecule has 0 saturated carbocycles. The maximum Gasteiger partial charge on any atom is 1.00 e. The molecule has 0 fully saturated rings. The van der Waals surface area contributed by atoms with E-state index in [9.17, 15) is 4.79 Å². The summed E-state index contributed by atoms with van der Waals surface area (Å²) in [4.78, 5) is 11.1. The van der Waals surface area contributed by atoms with E-state index in [1.807, 2.05) is 4.57 Å². The van der Waals surface area contributed by atoms with Gasteiger partial charge >= 0.3 is 35.7 Å². The minimum atomic E-state index is -0.593. The minimum absolute atomic E-state index is 0. The third kappa shape index (κ3) is 14.8. The number of halogens is 1. The Morgan fingerprint density at radius 3 is 2.12 bits per heavy atom. The summed E-state index contributed by atoms with van der Waals surface area (Å²) in [6, 6.07) is 4.32. The fraction of sp³-hybridized carbons (Fsp3) is 0.700. The third-order valence-corrected chi connectivity index (χ3v) is 4.11. The van der Waals surface area contributed by atoms with Gasteiger partial charge in [0.15, 0.2) is 25.5 Å². The van der Waals surface area contributed by atoms with E-state index in [0.717, 1.165) is 6.42 Å². The van der Waals surface area contributed by atoms with E-state index >= 15 is 0 Å². The average Bonchev–Trinajstić information content (AvgIpc) is 2.59. The Bertz CT molecular complexity index is 449. The Labute approximate surface area is 189 Å². The van der Waals surface area contributed by atoms with Crippen LogP contribution in [-0.2, 0) is 22.4 Å². The van der Waals surface area contributed by atoms with Crippen molar-refractivity contribution in [2.45, 2.75) is 78.2 Å². The SMILES string of the molecule is CCCCCCCCCCc1cc[n+](CCOC(=O)OCC)cc1.[Cl-].[H-].[Na+]. The van der Waals surface area contributed by atoms with Gasteiger partial charge in [0.2, 0.25) is 0 Å². The number of unbranched alkanes of at least 4 members (excludes halogenated alkanes) is 7. The molecule has 0 atom stereocenters. The zero-order chi connectivity index (χ0) is 17.5. The van der Waals surface area contributed by atoms with Gasteiger partial charge < -0.3 is 23.3 Å². The molecule has 146 valence electrons. The van der Waals surface area contributed by atoms with Crippen LogP contribution < -0.4 is 46.5 Å². The molecule has 1 rings (SSSR count). The summed E-state index contributed by atoms with van der Waals surface area (Å²) >= 11 is 0. The van der Waals surface area contributed by atoms with Gasteiger partial charge in [-0.15, -0.1) is 0 Å². The van der Waals surface area contributed by atoms with Crippen LogP contribution in [0.1, 0.15) is 72.2 Å². The Morgan fingerprint density at radius 2 is 1.54 bits per heavy atom. The van der Waals surface area contributed by atoms with Crippen molar-refractivity contribution in [3.8, 4) is 0 Å². The van der Waals surface area contributed by atoms with Crippen LogP contribution in [0.4, 0.5) is 4.79 Å². The number of hydrogen-bond donors (Lipinski definition) is 0. The van der Waals surface area contributed by atoms with E-state index in [-0.39, 0.29) is 43.4 Å². The monoisotopic (exact) mass is 395 g/mol. The summed E-state index contributed by atoms with van der Waals surface area (Å²) in [5.41, 5.74) is 1.38. The molecule has 0 aliphatic rings. The predicted octanol–water partition coefficient (Wildman–Crippen LogP) is -1.05. The summed E-state index contributed by atoms with van der Waals surface area (Å²) in [7, 11) is 0. The molecule has 0 radical (unpaired) electrons. The first-order chi connectivity index (χ1) is 11.8.